The minimum absolute atomic E-state index is 0.0351. The molecule has 0 aromatic heterocycles. The van der Waals surface area contributed by atoms with E-state index in [1.165, 1.54) is 16.7 Å². The van der Waals surface area contributed by atoms with Crippen molar-refractivity contribution in [3.05, 3.63) is 101 Å². The van der Waals surface area contributed by atoms with Crippen molar-refractivity contribution in [2.75, 3.05) is 0 Å². The van der Waals surface area contributed by atoms with Crippen LogP contribution in [0.2, 0.25) is 0 Å². The van der Waals surface area contributed by atoms with Crippen LogP contribution in [0.15, 0.2) is 78.9 Å². The van der Waals surface area contributed by atoms with Gasteiger partial charge in [0.2, 0.25) is 0 Å². The van der Waals surface area contributed by atoms with Gasteiger partial charge in [0, 0.05) is 17.8 Å². The molecule has 3 aromatic rings. The zero-order valence-corrected chi connectivity index (χ0v) is 20.5. The Morgan fingerprint density at radius 2 is 1.57 bits per heavy atom. The molecule has 0 heterocycles. The minimum Gasteiger partial charge on any atom is -0.489 e. The third-order valence-electron chi connectivity index (χ3n) is 8.91. The molecule has 0 amide bonds. The summed E-state index contributed by atoms with van der Waals surface area (Å²) in [6.07, 6.45) is 5.12. The van der Waals surface area contributed by atoms with Crippen LogP contribution in [0.25, 0.3) is 0 Å². The predicted octanol–water partition coefficient (Wildman–Crippen LogP) is 6.89. The Morgan fingerprint density at radius 3 is 2.31 bits per heavy atom. The van der Waals surface area contributed by atoms with E-state index in [4.69, 9.17) is 9.47 Å². The van der Waals surface area contributed by atoms with Crippen molar-refractivity contribution >= 4 is 5.78 Å². The number of hydrogen-bond acceptors (Lipinski definition) is 3. The van der Waals surface area contributed by atoms with Crippen LogP contribution in [0.1, 0.15) is 60.8 Å². The average Bonchev–Trinajstić information content (AvgIpc) is 3.22. The molecule has 3 aromatic carbocycles. The number of benzene rings is 3. The minimum atomic E-state index is -0.0523. The van der Waals surface area contributed by atoms with Gasteiger partial charge < -0.3 is 9.47 Å². The van der Waals surface area contributed by atoms with E-state index >= 15 is 0 Å². The second kappa shape index (κ2) is 9.28. The van der Waals surface area contributed by atoms with Gasteiger partial charge in [0.05, 0.1) is 12.7 Å². The molecule has 180 valence electrons. The van der Waals surface area contributed by atoms with Crippen LogP contribution in [-0.4, -0.2) is 11.9 Å². The van der Waals surface area contributed by atoms with E-state index in [1.54, 1.807) is 0 Å². The van der Waals surface area contributed by atoms with Crippen molar-refractivity contribution in [2.45, 2.75) is 64.3 Å². The molecule has 35 heavy (non-hydrogen) atoms. The lowest BCUT2D eigenvalue weighted by Gasteiger charge is -2.49. The van der Waals surface area contributed by atoms with Crippen molar-refractivity contribution in [2.24, 2.45) is 17.3 Å². The first-order valence-corrected chi connectivity index (χ1v) is 13.1. The number of rotatable bonds is 6. The number of fused-ring (bicyclic) bond motifs is 5. The monoisotopic (exact) mass is 466 g/mol. The van der Waals surface area contributed by atoms with Gasteiger partial charge in [-0.05, 0) is 71.9 Å². The van der Waals surface area contributed by atoms with Gasteiger partial charge in [-0.1, -0.05) is 73.7 Å². The number of carbonyl (C=O) groups is 1. The lowest BCUT2D eigenvalue weighted by molar-refractivity contribution is -0.137. The second-order valence-electron chi connectivity index (χ2n) is 10.9. The molecule has 5 atom stereocenters. The van der Waals surface area contributed by atoms with Crippen LogP contribution < -0.4 is 4.74 Å². The highest BCUT2D eigenvalue weighted by Gasteiger charge is 2.58. The van der Waals surface area contributed by atoms with Crippen molar-refractivity contribution < 1.29 is 14.3 Å². The lowest BCUT2D eigenvalue weighted by atomic mass is 9.55. The van der Waals surface area contributed by atoms with E-state index in [-0.39, 0.29) is 17.4 Å². The summed E-state index contributed by atoms with van der Waals surface area (Å²) in [6.45, 7) is 3.52. The molecule has 6 rings (SSSR count). The Bertz CT molecular complexity index is 1190. The molecule has 0 spiro atoms. The Balaban J connectivity index is 1.18. The first-order valence-electron chi connectivity index (χ1n) is 13.1. The molecule has 2 saturated carbocycles. The zero-order chi connectivity index (χ0) is 23.8. The summed E-state index contributed by atoms with van der Waals surface area (Å²) in [5.41, 5.74) is 4.86. The highest BCUT2D eigenvalue weighted by molar-refractivity contribution is 5.88. The normalized spacial score (nSPS) is 29.2. The third-order valence-corrected chi connectivity index (χ3v) is 8.91. The summed E-state index contributed by atoms with van der Waals surface area (Å²) >= 11 is 0. The average molecular weight is 467 g/mol. The number of ketones is 1. The summed E-state index contributed by atoms with van der Waals surface area (Å²) in [5.74, 6) is 2.31. The maximum absolute atomic E-state index is 13.7. The zero-order valence-electron chi connectivity index (χ0n) is 20.5. The smallest absolute Gasteiger partial charge is 0.141 e. The molecule has 3 aliphatic carbocycles. The summed E-state index contributed by atoms with van der Waals surface area (Å²) in [6, 6.07) is 27.1. The largest absolute Gasteiger partial charge is 0.489 e. The standard InChI is InChI=1S/C32H34O3/c1-32-19-29(33)31-26-15-13-25(34-20-22-8-4-2-5-9-22)18-24(26)12-14-27(31)28(32)16-17-30(32)35-21-23-10-6-3-7-11-23/h2-11,13,15,18,27-28,30-31H,12,14,16-17,19-21H2,1H3. The quantitative estimate of drug-likeness (QED) is 0.397. The fourth-order valence-electron chi connectivity index (χ4n) is 7.21. The van der Waals surface area contributed by atoms with Gasteiger partial charge >= 0.3 is 0 Å². The first kappa shape index (κ1) is 22.5. The fraction of sp³-hybridized carbons (Fsp3) is 0.406. The molecular formula is C32H34O3. The van der Waals surface area contributed by atoms with Gasteiger partial charge in [0.15, 0.2) is 0 Å². The molecule has 0 bridgehead atoms. The number of ether oxygens (including phenoxy) is 2. The van der Waals surface area contributed by atoms with E-state index in [9.17, 15) is 4.79 Å². The van der Waals surface area contributed by atoms with Crippen molar-refractivity contribution in [1.82, 2.24) is 0 Å². The van der Waals surface area contributed by atoms with E-state index in [1.807, 2.05) is 24.3 Å². The molecule has 5 unspecified atom stereocenters. The Hall–Kier alpha value is -2.91. The Labute approximate surface area is 208 Å². The highest BCUT2D eigenvalue weighted by Crippen LogP contribution is 2.60. The predicted molar refractivity (Wildman–Crippen MR) is 137 cm³/mol. The van der Waals surface area contributed by atoms with Gasteiger partial charge in [-0.15, -0.1) is 0 Å². The molecule has 3 aliphatic rings. The molecule has 3 nitrogen and oxygen atoms in total. The SMILES string of the molecule is CC12CC(=O)C3c4ccc(OCc5ccccc5)cc4CCC3C1CCC2OCc1ccccc1. The molecule has 0 aliphatic heterocycles. The van der Waals surface area contributed by atoms with Gasteiger partial charge in [0.25, 0.3) is 0 Å². The molecule has 0 radical (unpaired) electrons. The van der Waals surface area contributed by atoms with Gasteiger partial charge in [-0.2, -0.15) is 0 Å². The molecule has 0 N–H and O–H groups in total. The summed E-state index contributed by atoms with van der Waals surface area (Å²) in [5, 5.41) is 0. The van der Waals surface area contributed by atoms with Gasteiger partial charge in [0.1, 0.15) is 18.1 Å². The number of hydrogen-bond donors (Lipinski definition) is 0. The number of Topliss-reactive ketones (excluding diaryl/α,β-unsaturated/α-hetero) is 1. The van der Waals surface area contributed by atoms with E-state index in [0.717, 1.165) is 37.0 Å². The second-order valence-corrected chi connectivity index (χ2v) is 10.9. The Kier molecular flexibility index (Phi) is 5.98. The summed E-state index contributed by atoms with van der Waals surface area (Å²) < 4.78 is 12.6. The van der Waals surface area contributed by atoms with Crippen LogP contribution in [0, 0.1) is 17.3 Å². The van der Waals surface area contributed by atoms with Crippen molar-refractivity contribution in [1.29, 1.82) is 0 Å². The van der Waals surface area contributed by atoms with Gasteiger partial charge in [-0.25, -0.2) is 0 Å². The first-order chi connectivity index (χ1) is 17.1. The van der Waals surface area contributed by atoms with E-state index in [0.29, 0.717) is 37.3 Å². The van der Waals surface area contributed by atoms with Crippen LogP contribution in [0.3, 0.4) is 0 Å². The lowest BCUT2D eigenvalue weighted by Crippen LogP contribution is -2.48. The van der Waals surface area contributed by atoms with E-state index < -0.39 is 0 Å². The summed E-state index contributed by atoms with van der Waals surface area (Å²) in [4.78, 5) is 13.7. The molecule has 0 saturated heterocycles. The van der Waals surface area contributed by atoms with Crippen LogP contribution in [0.5, 0.6) is 5.75 Å². The third kappa shape index (κ3) is 4.21. The topological polar surface area (TPSA) is 35.5 Å². The number of carbonyl (C=O) groups excluding carboxylic acids is 1. The maximum Gasteiger partial charge on any atom is 0.141 e. The maximum atomic E-state index is 13.7. The molecule has 3 heteroatoms. The van der Waals surface area contributed by atoms with Crippen molar-refractivity contribution in [3.8, 4) is 5.75 Å². The fourth-order valence-corrected chi connectivity index (χ4v) is 7.21. The molecule has 2 fully saturated rings. The van der Waals surface area contributed by atoms with Crippen LogP contribution in [0.4, 0.5) is 0 Å². The van der Waals surface area contributed by atoms with Crippen molar-refractivity contribution in [3.63, 3.8) is 0 Å². The highest BCUT2D eigenvalue weighted by atomic mass is 16.5. The number of aryl methyl sites for hydroxylation is 1. The summed E-state index contributed by atoms with van der Waals surface area (Å²) in [7, 11) is 0. The van der Waals surface area contributed by atoms with Gasteiger partial charge in [-0.3, -0.25) is 4.79 Å². The van der Waals surface area contributed by atoms with E-state index in [2.05, 4.69) is 61.5 Å². The van der Waals surface area contributed by atoms with Crippen LogP contribution >= 0.6 is 0 Å². The van der Waals surface area contributed by atoms with Crippen LogP contribution in [-0.2, 0) is 29.2 Å². The Morgan fingerprint density at radius 1 is 0.857 bits per heavy atom. The molecular weight excluding hydrogens is 432 g/mol.